The van der Waals surface area contributed by atoms with Crippen molar-refractivity contribution in [3.8, 4) is 0 Å². The van der Waals surface area contributed by atoms with E-state index >= 15 is 0 Å². The van der Waals surface area contributed by atoms with Crippen LogP contribution in [0.5, 0.6) is 0 Å². The highest BCUT2D eigenvalue weighted by Crippen LogP contribution is 2.23. The van der Waals surface area contributed by atoms with Crippen molar-refractivity contribution in [1.29, 1.82) is 0 Å². The van der Waals surface area contributed by atoms with Crippen LogP contribution in [0.1, 0.15) is 29.0 Å². The molecule has 0 spiro atoms. The summed E-state index contributed by atoms with van der Waals surface area (Å²) in [6.45, 7) is -0.0192. The van der Waals surface area contributed by atoms with Gasteiger partial charge in [0.2, 0.25) is 5.09 Å². The third-order valence-corrected chi connectivity index (χ3v) is 4.76. The predicted octanol–water partition coefficient (Wildman–Crippen LogP) is 1.79. The summed E-state index contributed by atoms with van der Waals surface area (Å²) in [6, 6.07) is 8.50. The van der Waals surface area contributed by atoms with Crippen molar-refractivity contribution in [3.05, 3.63) is 53.5 Å². The van der Waals surface area contributed by atoms with E-state index in [0.29, 0.717) is 5.56 Å². The van der Waals surface area contributed by atoms with E-state index in [9.17, 15) is 17.6 Å². The fourth-order valence-electron chi connectivity index (χ4n) is 1.97. The maximum absolute atomic E-state index is 13.5. The number of hydrogen-bond donors (Lipinski definition) is 2. The average Bonchev–Trinajstić information content (AvgIpc) is 3.16. The highest BCUT2D eigenvalue weighted by molar-refractivity contribution is 7.89. The lowest BCUT2D eigenvalue weighted by Crippen LogP contribution is -2.25. The summed E-state index contributed by atoms with van der Waals surface area (Å²) in [5, 5.41) is 2.18. The number of nitrogens with one attached hydrogen (secondary N) is 2. The third-order valence-electron chi connectivity index (χ3n) is 3.37. The lowest BCUT2D eigenvalue weighted by atomic mass is 10.2. The van der Waals surface area contributed by atoms with Gasteiger partial charge in [-0.3, -0.25) is 4.79 Å². The molecule has 1 aromatic heterocycles. The van der Waals surface area contributed by atoms with Gasteiger partial charge in [-0.15, -0.1) is 0 Å². The predicted molar refractivity (Wildman–Crippen MR) is 79.6 cm³/mol. The number of carbonyl (C=O) groups excluding carboxylic acids is 1. The Morgan fingerprint density at radius 1 is 1.22 bits per heavy atom. The first-order valence-electron chi connectivity index (χ1n) is 7.09. The zero-order valence-corrected chi connectivity index (χ0v) is 12.9. The number of carbonyl (C=O) groups is 1. The topological polar surface area (TPSA) is 88.4 Å². The van der Waals surface area contributed by atoms with Gasteiger partial charge in [0.1, 0.15) is 5.82 Å². The normalized spacial score (nSPS) is 14.7. The number of halogens is 1. The van der Waals surface area contributed by atoms with Gasteiger partial charge in [0.15, 0.2) is 5.76 Å². The average molecular weight is 338 g/mol. The third kappa shape index (κ3) is 3.77. The molecule has 1 aromatic carbocycles. The molecule has 6 nitrogen and oxygen atoms in total. The number of sulfonamides is 1. The fraction of sp³-hybridized carbons (Fsp3) is 0.267. The van der Waals surface area contributed by atoms with Crippen LogP contribution in [-0.4, -0.2) is 20.4 Å². The second kappa shape index (κ2) is 6.13. The largest absolute Gasteiger partial charge is 0.438 e. The Kier molecular flexibility index (Phi) is 4.18. The summed E-state index contributed by atoms with van der Waals surface area (Å²) in [7, 11) is -3.74. The van der Waals surface area contributed by atoms with Crippen LogP contribution in [0.3, 0.4) is 0 Å². The molecule has 2 aromatic rings. The molecule has 3 rings (SSSR count). The molecule has 122 valence electrons. The van der Waals surface area contributed by atoms with E-state index in [2.05, 4.69) is 10.0 Å². The number of benzene rings is 1. The van der Waals surface area contributed by atoms with E-state index in [4.69, 9.17) is 4.42 Å². The van der Waals surface area contributed by atoms with Crippen LogP contribution >= 0.6 is 0 Å². The van der Waals surface area contributed by atoms with Crippen LogP contribution in [0.2, 0.25) is 0 Å². The quantitative estimate of drug-likeness (QED) is 0.840. The van der Waals surface area contributed by atoms with Gasteiger partial charge in [0.25, 0.3) is 15.9 Å². The van der Waals surface area contributed by atoms with Crippen molar-refractivity contribution in [2.75, 3.05) is 0 Å². The number of rotatable bonds is 6. The van der Waals surface area contributed by atoms with Gasteiger partial charge in [-0.2, -0.15) is 0 Å². The molecule has 1 aliphatic carbocycles. The fourth-order valence-corrected chi connectivity index (χ4v) is 3.21. The second-order valence-corrected chi connectivity index (χ2v) is 6.93. The molecule has 0 bridgehead atoms. The minimum atomic E-state index is -3.74. The van der Waals surface area contributed by atoms with Crippen molar-refractivity contribution in [2.45, 2.75) is 30.5 Å². The Balaban J connectivity index is 1.65. The summed E-state index contributed by atoms with van der Waals surface area (Å²) in [5.74, 6) is -1.18. The molecule has 0 aliphatic heterocycles. The molecule has 1 heterocycles. The molecule has 0 atom stereocenters. The van der Waals surface area contributed by atoms with Crippen LogP contribution in [0.4, 0.5) is 4.39 Å². The van der Waals surface area contributed by atoms with Gasteiger partial charge < -0.3 is 9.73 Å². The maximum atomic E-state index is 13.5. The Morgan fingerprint density at radius 3 is 2.65 bits per heavy atom. The monoisotopic (exact) mass is 338 g/mol. The number of amides is 1. The van der Waals surface area contributed by atoms with Gasteiger partial charge in [0.05, 0.1) is 0 Å². The summed E-state index contributed by atoms with van der Waals surface area (Å²) in [5.41, 5.74) is 0.329. The Morgan fingerprint density at radius 2 is 1.96 bits per heavy atom. The van der Waals surface area contributed by atoms with Crippen LogP contribution in [0, 0.1) is 5.82 Å². The first kappa shape index (κ1) is 15.7. The highest BCUT2D eigenvalue weighted by Gasteiger charge is 2.30. The highest BCUT2D eigenvalue weighted by atomic mass is 32.2. The molecule has 1 saturated carbocycles. The van der Waals surface area contributed by atoms with Gasteiger partial charge >= 0.3 is 0 Å². The van der Waals surface area contributed by atoms with Crippen molar-refractivity contribution in [2.24, 2.45) is 0 Å². The van der Waals surface area contributed by atoms with Crippen LogP contribution in [0.15, 0.2) is 45.9 Å². The minimum absolute atomic E-state index is 0.0192. The molecule has 0 radical (unpaired) electrons. The van der Waals surface area contributed by atoms with E-state index < -0.39 is 21.7 Å². The molecule has 2 N–H and O–H groups in total. The van der Waals surface area contributed by atoms with Gasteiger partial charge in [-0.05, 0) is 31.0 Å². The van der Waals surface area contributed by atoms with Gasteiger partial charge in [-0.25, -0.2) is 17.5 Å². The summed E-state index contributed by atoms with van der Waals surface area (Å²) in [6.07, 6.45) is 1.60. The maximum Gasteiger partial charge on any atom is 0.287 e. The van der Waals surface area contributed by atoms with Gasteiger partial charge in [0, 0.05) is 18.2 Å². The molecule has 1 fully saturated rings. The van der Waals surface area contributed by atoms with E-state index in [1.165, 1.54) is 18.2 Å². The smallest absolute Gasteiger partial charge is 0.287 e. The summed E-state index contributed by atoms with van der Waals surface area (Å²) in [4.78, 5) is 12.0. The molecule has 0 saturated heterocycles. The Bertz CT molecular complexity index is 828. The Labute approximate surface area is 132 Å². The van der Waals surface area contributed by atoms with Crippen molar-refractivity contribution in [3.63, 3.8) is 0 Å². The molecular formula is C15H15FN2O4S. The summed E-state index contributed by atoms with van der Waals surface area (Å²) < 4.78 is 44.9. The second-order valence-electron chi connectivity index (χ2n) is 5.29. The van der Waals surface area contributed by atoms with Crippen LogP contribution in [-0.2, 0) is 16.6 Å². The van der Waals surface area contributed by atoms with Gasteiger partial charge in [-0.1, -0.05) is 18.2 Å². The number of furan rings is 1. The first-order chi connectivity index (χ1) is 11.0. The SMILES string of the molecule is O=C(NCc1ccccc1F)c1ccc(S(=O)(=O)NC2CC2)o1. The lowest BCUT2D eigenvalue weighted by molar-refractivity contribution is 0.0917. The van der Waals surface area contributed by atoms with Crippen molar-refractivity contribution >= 4 is 15.9 Å². The minimum Gasteiger partial charge on any atom is -0.438 e. The molecule has 23 heavy (non-hydrogen) atoms. The van der Waals surface area contributed by atoms with E-state index in [1.54, 1.807) is 18.2 Å². The van der Waals surface area contributed by atoms with Crippen molar-refractivity contribution in [1.82, 2.24) is 10.0 Å². The lowest BCUT2D eigenvalue weighted by Gasteiger charge is -2.04. The van der Waals surface area contributed by atoms with E-state index in [1.807, 2.05) is 0 Å². The zero-order chi connectivity index (χ0) is 16.4. The molecular weight excluding hydrogens is 323 g/mol. The number of hydrogen-bond acceptors (Lipinski definition) is 4. The standard InChI is InChI=1S/C15H15FN2O4S/c16-12-4-2-1-3-10(12)9-17-15(19)13-7-8-14(22-13)23(20,21)18-11-5-6-11/h1-4,7-8,11,18H,5-6,9H2,(H,17,19). The first-order valence-corrected chi connectivity index (χ1v) is 8.58. The van der Waals surface area contributed by atoms with E-state index in [-0.39, 0.29) is 23.4 Å². The molecule has 0 unspecified atom stereocenters. The zero-order valence-electron chi connectivity index (χ0n) is 12.1. The van der Waals surface area contributed by atoms with Crippen LogP contribution < -0.4 is 10.0 Å². The van der Waals surface area contributed by atoms with Crippen molar-refractivity contribution < 1.29 is 22.0 Å². The molecule has 1 amide bonds. The van der Waals surface area contributed by atoms with Crippen LogP contribution in [0.25, 0.3) is 0 Å². The molecule has 1 aliphatic rings. The van der Waals surface area contributed by atoms with E-state index in [0.717, 1.165) is 12.8 Å². The molecule has 8 heteroatoms. The Hall–Kier alpha value is -2.19. The summed E-state index contributed by atoms with van der Waals surface area (Å²) >= 11 is 0.